The van der Waals surface area contributed by atoms with Crippen molar-refractivity contribution in [2.75, 3.05) is 0 Å². The van der Waals surface area contributed by atoms with Crippen molar-refractivity contribution in [2.24, 2.45) is 0 Å². The van der Waals surface area contributed by atoms with Crippen LogP contribution in [-0.4, -0.2) is 15.0 Å². The van der Waals surface area contributed by atoms with E-state index in [1.165, 1.54) is 16.7 Å². The largest absolute Gasteiger partial charge is 0.213 e. The molecule has 0 N–H and O–H groups in total. The van der Waals surface area contributed by atoms with Gasteiger partial charge in [-0.05, 0) is 35.2 Å². The number of nitrogens with zero attached hydrogens (tertiary/aromatic N) is 3. The zero-order valence-electron chi connectivity index (χ0n) is 17.2. The summed E-state index contributed by atoms with van der Waals surface area (Å²) in [5, 5.41) is 0. The quantitative estimate of drug-likeness (QED) is 0.332. The highest BCUT2D eigenvalue weighted by Crippen LogP contribution is 2.33. The van der Waals surface area contributed by atoms with E-state index in [2.05, 4.69) is 82.8 Å². The Balaban J connectivity index is 1.60. The third-order valence-corrected chi connectivity index (χ3v) is 5.22. The topological polar surface area (TPSA) is 38.7 Å². The molecule has 0 aliphatic carbocycles. The van der Waals surface area contributed by atoms with Crippen LogP contribution in [0.5, 0.6) is 0 Å². The van der Waals surface area contributed by atoms with Crippen LogP contribution in [0, 0.1) is 6.92 Å². The molecule has 5 aromatic rings. The van der Waals surface area contributed by atoms with Gasteiger partial charge in [0.05, 0.1) is 0 Å². The zero-order chi connectivity index (χ0) is 21.0. The maximum Gasteiger partial charge on any atom is 0.163 e. The molecular formula is C28H21N3. The highest BCUT2D eigenvalue weighted by molar-refractivity contribution is 5.84. The van der Waals surface area contributed by atoms with Crippen LogP contribution in [0.2, 0.25) is 0 Å². The smallest absolute Gasteiger partial charge is 0.163 e. The van der Waals surface area contributed by atoms with Gasteiger partial charge in [-0.15, -0.1) is 0 Å². The Morgan fingerprint density at radius 1 is 0.419 bits per heavy atom. The van der Waals surface area contributed by atoms with E-state index in [1.807, 2.05) is 43.3 Å². The normalized spacial score (nSPS) is 10.7. The minimum Gasteiger partial charge on any atom is -0.213 e. The molecule has 1 heterocycles. The first-order chi connectivity index (χ1) is 15.3. The van der Waals surface area contributed by atoms with Gasteiger partial charge in [-0.25, -0.2) is 15.0 Å². The van der Waals surface area contributed by atoms with Crippen LogP contribution in [0.25, 0.3) is 45.0 Å². The average molecular weight is 399 g/mol. The number of aromatic nitrogens is 3. The lowest BCUT2D eigenvalue weighted by atomic mass is 9.94. The molecule has 0 radical (unpaired) electrons. The second kappa shape index (κ2) is 8.33. The summed E-state index contributed by atoms with van der Waals surface area (Å²) in [4.78, 5) is 13.9. The molecule has 5 rings (SSSR count). The van der Waals surface area contributed by atoms with E-state index >= 15 is 0 Å². The van der Waals surface area contributed by atoms with Crippen molar-refractivity contribution in [3.63, 3.8) is 0 Å². The number of hydrogen-bond donors (Lipinski definition) is 0. The Labute approximate surface area is 182 Å². The number of hydrogen-bond acceptors (Lipinski definition) is 3. The summed E-state index contributed by atoms with van der Waals surface area (Å²) in [5.41, 5.74) is 6.69. The lowest BCUT2D eigenvalue weighted by molar-refractivity contribution is 0.992. The fourth-order valence-electron chi connectivity index (χ4n) is 3.76. The first-order valence-corrected chi connectivity index (χ1v) is 10.3. The summed E-state index contributed by atoms with van der Waals surface area (Å²) in [6.07, 6.45) is 0. The van der Waals surface area contributed by atoms with Gasteiger partial charge >= 0.3 is 0 Å². The molecule has 0 fully saturated rings. The molecule has 0 aliphatic rings. The van der Waals surface area contributed by atoms with Crippen LogP contribution in [0.3, 0.4) is 0 Å². The van der Waals surface area contributed by atoms with Crippen molar-refractivity contribution in [2.45, 2.75) is 6.92 Å². The van der Waals surface area contributed by atoms with Crippen LogP contribution in [0.4, 0.5) is 0 Å². The van der Waals surface area contributed by atoms with Crippen LogP contribution in [0.1, 0.15) is 5.82 Å². The lowest BCUT2D eigenvalue weighted by Crippen LogP contribution is -1.99. The van der Waals surface area contributed by atoms with E-state index in [9.17, 15) is 0 Å². The second-order valence-corrected chi connectivity index (χ2v) is 7.39. The van der Waals surface area contributed by atoms with Gasteiger partial charge in [0.2, 0.25) is 0 Å². The molecule has 0 amide bonds. The fourth-order valence-corrected chi connectivity index (χ4v) is 3.76. The Bertz CT molecular complexity index is 1330. The van der Waals surface area contributed by atoms with Crippen molar-refractivity contribution in [3.8, 4) is 45.0 Å². The van der Waals surface area contributed by atoms with E-state index in [0.29, 0.717) is 17.5 Å². The third-order valence-electron chi connectivity index (χ3n) is 5.22. The summed E-state index contributed by atoms with van der Waals surface area (Å²) in [6.45, 7) is 1.91. The predicted molar refractivity (Wildman–Crippen MR) is 126 cm³/mol. The predicted octanol–water partition coefficient (Wildman–Crippen LogP) is 6.85. The third kappa shape index (κ3) is 3.99. The average Bonchev–Trinajstić information content (AvgIpc) is 2.85. The molecular weight excluding hydrogens is 378 g/mol. The molecule has 31 heavy (non-hydrogen) atoms. The first kappa shape index (κ1) is 18.9. The van der Waals surface area contributed by atoms with Gasteiger partial charge in [0.25, 0.3) is 0 Å². The number of rotatable bonds is 4. The minimum absolute atomic E-state index is 0.686. The van der Waals surface area contributed by atoms with E-state index < -0.39 is 0 Å². The Morgan fingerprint density at radius 3 is 1.58 bits per heavy atom. The van der Waals surface area contributed by atoms with E-state index in [-0.39, 0.29) is 0 Å². The van der Waals surface area contributed by atoms with Crippen LogP contribution in [0.15, 0.2) is 109 Å². The van der Waals surface area contributed by atoms with E-state index in [4.69, 9.17) is 4.98 Å². The molecule has 1 aromatic heterocycles. The van der Waals surface area contributed by atoms with Gasteiger partial charge in [-0.1, -0.05) is 103 Å². The minimum atomic E-state index is 0.686. The molecule has 0 aliphatic heterocycles. The summed E-state index contributed by atoms with van der Waals surface area (Å²) in [6, 6.07) is 37.4. The molecule has 3 heteroatoms. The summed E-state index contributed by atoms with van der Waals surface area (Å²) in [7, 11) is 0. The van der Waals surface area contributed by atoms with Crippen LogP contribution in [-0.2, 0) is 0 Å². The molecule has 0 saturated heterocycles. The van der Waals surface area contributed by atoms with E-state index in [0.717, 1.165) is 16.7 Å². The lowest BCUT2D eigenvalue weighted by Gasteiger charge is -2.12. The molecule has 0 unspecified atom stereocenters. The number of benzene rings is 4. The van der Waals surface area contributed by atoms with Crippen LogP contribution < -0.4 is 0 Å². The second-order valence-electron chi connectivity index (χ2n) is 7.39. The Kier molecular flexibility index (Phi) is 5.07. The van der Waals surface area contributed by atoms with Gasteiger partial charge in [0.1, 0.15) is 5.82 Å². The highest BCUT2D eigenvalue weighted by Gasteiger charge is 2.11. The monoisotopic (exact) mass is 399 g/mol. The van der Waals surface area contributed by atoms with Gasteiger partial charge in [0, 0.05) is 11.1 Å². The van der Waals surface area contributed by atoms with Crippen LogP contribution >= 0.6 is 0 Å². The molecule has 0 atom stereocenters. The summed E-state index contributed by atoms with van der Waals surface area (Å²) < 4.78 is 0. The van der Waals surface area contributed by atoms with Crippen molar-refractivity contribution >= 4 is 0 Å². The standard InChI is InChI=1S/C28H21N3/c1-20-29-27(22-13-6-3-7-14-22)31-28(30-20)24-16-10-15-23(19-24)26-18-9-8-17-25(26)21-11-4-2-5-12-21/h2-19H,1H3. The van der Waals surface area contributed by atoms with Gasteiger partial charge in [-0.3, -0.25) is 0 Å². The van der Waals surface area contributed by atoms with E-state index in [1.54, 1.807) is 0 Å². The van der Waals surface area contributed by atoms with Gasteiger partial charge in [0.15, 0.2) is 11.6 Å². The van der Waals surface area contributed by atoms with Crippen molar-refractivity contribution in [1.82, 2.24) is 15.0 Å². The molecule has 3 nitrogen and oxygen atoms in total. The van der Waals surface area contributed by atoms with Gasteiger partial charge in [-0.2, -0.15) is 0 Å². The summed E-state index contributed by atoms with van der Waals surface area (Å²) in [5.74, 6) is 2.09. The first-order valence-electron chi connectivity index (χ1n) is 10.3. The van der Waals surface area contributed by atoms with Crippen molar-refractivity contribution in [1.29, 1.82) is 0 Å². The van der Waals surface area contributed by atoms with Crippen molar-refractivity contribution < 1.29 is 0 Å². The highest BCUT2D eigenvalue weighted by atomic mass is 15.0. The molecule has 0 bridgehead atoms. The molecule has 148 valence electrons. The van der Waals surface area contributed by atoms with Gasteiger partial charge < -0.3 is 0 Å². The molecule has 4 aromatic carbocycles. The zero-order valence-corrected chi connectivity index (χ0v) is 17.2. The molecule has 0 saturated carbocycles. The fraction of sp³-hybridized carbons (Fsp3) is 0.0357. The maximum absolute atomic E-state index is 4.77. The Hall–Kier alpha value is -4.11. The SMILES string of the molecule is Cc1nc(-c2ccccc2)nc(-c2cccc(-c3ccccc3-c3ccccc3)c2)n1. The van der Waals surface area contributed by atoms with Crippen molar-refractivity contribution in [3.05, 3.63) is 115 Å². The maximum atomic E-state index is 4.77. The summed E-state index contributed by atoms with van der Waals surface area (Å²) >= 11 is 0. The molecule has 0 spiro atoms. The Morgan fingerprint density at radius 2 is 0.903 bits per heavy atom. The number of aryl methyl sites for hydroxylation is 1.